The van der Waals surface area contributed by atoms with Crippen LogP contribution in [-0.2, 0) is 4.74 Å². The number of benzene rings is 1. The molecule has 5 nitrogen and oxygen atoms in total. The quantitative estimate of drug-likeness (QED) is 0.896. The number of fused-ring (bicyclic) bond motifs is 1. The van der Waals surface area contributed by atoms with E-state index in [4.69, 9.17) is 4.74 Å². The van der Waals surface area contributed by atoms with Crippen molar-refractivity contribution in [3.8, 4) is 0 Å². The van der Waals surface area contributed by atoms with Crippen molar-refractivity contribution in [1.82, 2.24) is 15.3 Å². The minimum Gasteiger partial charge on any atom is -0.373 e. The number of nitrogens with one attached hydrogen (secondary N) is 2. The molecule has 2 N–H and O–H groups in total. The van der Waals surface area contributed by atoms with Gasteiger partial charge in [-0.05, 0) is 31.4 Å². The molecule has 1 saturated heterocycles. The zero-order chi connectivity index (χ0) is 15.0. The molecule has 0 radical (unpaired) electrons. The molecule has 1 amide bonds. The molecule has 22 heavy (non-hydrogen) atoms. The summed E-state index contributed by atoms with van der Waals surface area (Å²) in [7, 11) is 0. The number of ether oxygens (including phenoxy) is 1. The number of carbonyl (C=O) groups excluding carboxylic acids is 1. The summed E-state index contributed by atoms with van der Waals surface area (Å²) in [5.41, 5.74) is 1.72. The number of aromatic amines is 1. The van der Waals surface area contributed by atoms with E-state index < -0.39 is 0 Å². The molecule has 4 rings (SSSR count). The molecule has 1 aromatic carbocycles. The van der Waals surface area contributed by atoms with Crippen LogP contribution in [0.1, 0.15) is 49.1 Å². The van der Waals surface area contributed by atoms with E-state index in [0.29, 0.717) is 12.4 Å². The maximum Gasteiger partial charge on any atom is 0.287 e. The van der Waals surface area contributed by atoms with Crippen molar-refractivity contribution in [3.05, 3.63) is 30.1 Å². The first-order valence-electron chi connectivity index (χ1n) is 8.14. The van der Waals surface area contributed by atoms with Crippen LogP contribution in [-0.4, -0.2) is 34.1 Å². The number of imidazole rings is 1. The molecule has 1 aromatic heterocycles. The molecule has 1 atom stereocenters. The van der Waals surface area contributed by atoms with Crippen LogP contribution in [0, 0.1) is 0 Å². The van der Waals surface area contributed by atoms with Crippen molar-refractivity contribution >= 4 is 16.9 Å². The van der Waals surface area contributed by atoms with Crippen LogP contribution in [0.3, 0.4) is 0 Å². The van der Waals surface area contributed by atoms with Gasteiger partial charge in [0.15, 0.2) is 5.82 Å². The molecule has 1 aliphatic carbocycles. The number of H-pyrrole nitrogens is 1. The first-order chi connectivity index (χ1) is 10.7. The van der Waals surface area contributed by atoms with E-state index in [1.807, 2.05) is 24.3 Å². The van der Waals surface area contributed by atoms with Crippen molar-refractivity contribution in [3.63, 3.8) is 0 Å². The molecule has 1 spiro atoms. The second-order valence-corrected chi connectivity index (χ2v) is 6.53. The zero-order valence-corrected chi connectivity index (χ0v) is 12.6. The van der Waals surface area contributed by atoms with E-state index in [1.165, 1.54) is 19.3 Å². The molecular formula is C17H21N3O2. The highest BCUT2D eigenvalue weighted by Crippen LogP contribution is 2.39. The Morgan fingerprint density at radius 2 is 2.09 bits per heavy atom. The Balaban J connectivity index is 1.44. The summed E-state index contributed by atoms with van der Waals surface area (Å²) in [6, 6.07) is 7.77. The van der Waals surface area contributed by atoms with Gasteiger partial charge in [-0.1, -0.05) is 31.4 Å². The van der Waals surface area contributed by atoms with Crippen LogP contribution in [0.4, 0.5) is 0 Å². The number of hydrogen-bond donors (Lipinski definition) is 2. The molecule has 1 aliphatic heterocycles. The fraction of sp³-hybridized carbons (Fsp3) is 0.529. The number of amides is 1. The van der Waals surface area contributed by atoms with E-state index in [-0.39, 0.29) is 17.6 Å². The van der Waals surface area contributed by atoms with Crippen LogP contribution < -0.4 is 5.32 Å². The molecule has 2 aromatic rings. The number of rotatable bonds is 2. The molecule has 5 heteroatoms. The summed E-state index contributed by atoms with van der Waals surface area (Å²) in [5.74, 6) is 0.239. The van der Waals surface area contributed by atoms with Crippen molar-refractivity contribution in [1.29, 1.82) is 0 Å². The summed E-state index contributed by atoms with van der Waals surface area (Å²) in [6.45, 7) is 0.617. The predicted molar refractivity (Wildman–Crippen MR) is 83.7 cm³/mol. The van der Waals surface area contributed by atoms with Gasteiger partial charge in [-0.2, -0.15) is 0 Å². The molecule has 2 fully saturated rings. The van der Waals surface area contributed by atoms with Crippen LogP contribution in [0.5, 0.6) is 0 Å². The number of aromatic nitrogens is 2. The molecular weight excluding hydrogens is 278 g/mol. The maximum absolute atomic E-state index is 12.4. The van der Waals surface area contributed by atoms with Gasteiger partial charge >= 0.3 is 0 Å². The lowest BCUT2D eigenvalue weighted by atomic mass is 9.82. The first-order valence-corrected chi connectivity index (χ1v) is 8.14. The summed E-state index contributed by atoms with van der Waals surface area (Å²) in [4.78, 5) is 19.8. The highest BCUT2D eigenvalue weighted by molar-refractivity contribution is 5.94. The van der Waals surface area contributed by atoms with Gasteiger partial charge in [0.25, 0.3) is 5.91 Å². The topological polar surface area (TPSA) is 67.0 Å². The van der Waals surface area contributed by atoms with Crippen molar-refractivity contribution in [2.75, 3.05) is 6.61 Å². The largest absolute Gasteiger partial charge is 0.373 e. The number of para-hydroxylation sites is 2. The Morgan fingerprint density at radius 3 is 2.91 bits per heavy atom. The van der Waals surface area contributed by atoms with Gasteiger partial charge in [-0.25, -0.2) is 4.98 Å². The van der Waals surface area contributed by atoms with Gasteiger partial charge in [-0.15, -0.1) is 0 Å². The van der Waals surface area contributed by atoms with E-state index >= 15 is 0 Å². The number of nitrogens with zero attached hydrogens (tertiary/aromatic N) is 1. The van der Waals surface area contributed by atoms with Crippen LogP contribution in [0.15, 0.2) is 24.3 Å². The Morgan fingerprint density at radius 1 is 1.27 bits per heavy atom. The van der Waals surface area contributed by atoms with E-state index in [0.717, 1.165) is 30.3 Å². The minimum absolute atomic E-state index is 0.0179. The van der Waals surface area contributed by atoms with Gasteiger partial charge in [0.05, 0.1) is 29.3 Å². The predicted octanol–water partition coefficient (Wildman–Crippen LogP) is 2.78. The number of hydrogen-bond acceptors (Lipinski definition) is 3. The second kappa shape index (κ2) is 5.39. The fourth-order valence-corrected chi connectivity index (χ4v) is 3.80. The summed E-state index contributed by atoms with van der Waals surface area (Å²) >= 11 is 0. The lowest BCUT2D eigenvalue weighted by molar-refractivity contribution is -0.0246. The lowest BCUT2D eigenvalue weighted by Gasteiger charge is -2.32. The Hall–Kier alpha value is -1.88. The average Bonchev–Trinajstić information content (AvgIpc) is 3.13. The average molecular weight is 299 g/mol. The second-order valence-electron chi connectivity index (χ2n) is 6.53. The highest BCUT2D eigenvalue weighted by Gasteiger charge is 2.41. The summed E-state index contributed by atoms with van der Waals surface area (Å²) in [6.07, 6.45) is 6.97. The molecule has 116 valence electrons. The summed E-state index contributed by atoms with van der Waals surface area (Å²) in [5, 5.41) is 3.07. The summed E-state index contributed by atoms with van der Waals surface area (Å²) < 4.78 is 6.04. The van der Waals surface area contributed by atoms with Gasteiger partial charge in [0, 0.05) is 0 Å². The van der Waals surface area contributed by atoms with E-state index in [2.05, 4.69) is 15.3 Å². The van der Waals surface area contributed by atoms with Crippen LogP contribution in [0.25, 0.3) is 11.0 Å². The zero-order valence-electron chi connectivity index (χ0n) is 12.6. The van der Waals surface area contributed by atoms with E-state index in [9.17, 15) is 4.79 Å². The molecule has 2 heterocycles. The molecule has 0 bridgehead atoms. The van der Waals surface area contributed by atoms with Crippen molar-refractivity contribution in [2.45, 2.75) is 50.2 Å². The van der Waals surface area contributed by atoms with Gasteiger partial charge in [0.2, 0.25) is 0 Å². The van der Waals surface area contributed by atoms with Gasteiger partial charge in [-0.3, -0.25) is 4.79 Å². The van der Waals surface area contributed by atoms with E-state index in [1.54, 1.807) is 0 Å². The number of carbonyl (C=O) groups is 1. The Bertz CT molecular complexity index is 655. The first kappa shape index (κ1) is 13.8. The Labute approximate surface area is 129 Å². The molecule has 2 aliphatic rings. The molecule has 0 unspecified atom stereocenters. The highest BCUT2D eigenvalue weighted by atomic mass is 16.5. The monoisotopic (exact) mass is 299 g/mol. The van der Waals surface area contributed by atoms with Crippen LogP contribution in [0.2, 0.25) is 0 Å². The van der Waals surface area contributed by atoms with Gasteiger partial charge < -0.3 is 15.0 Å². The minimum atomic E-state index is -0.141. The third kappa shape index (κ3) is 2.50. The van der Waals surface area contributed by atoms with Crippen molar-refractivity contribution < 1.29 is 9.53 Å². The third-order valence-electron chi connectivity index (χ3n) is 4.91. The third-order valence-corrected chi connectivity index (χ3v) is 4.91. The lowest BCUT2D eigenvalue weighted by Crippen LogP contribution is -2.37. The van der Waals surface area contributed by atoms with Crippen molar-refractivity contribution in [2.24, 2.45) is 0 Å². The molecule has 1 saturated carbocycles. The van der Waals surface area contributed by atoms with Crippen LogP contribution >= 0.6 is 0 Å². The Kier molecular flexibility index (Phi) is 3.37. The standard InChI is InChI=1S/C17H21N3O2/c21-16(15-19-13-6-2-3-7-14(13)20-15)18-12-10-17(22-11-12)8-4-1-5-9-17/h2-3,6-7,12H,1,4-5,8-11H2,(H,18,21)(H,19,20)/t12-/m0/s1. The SMILES string of the molecule is O=C(N[C@@H]1COC2(CCCCC2)C1)c1nc2ccccc2[nH]1. The normalized spacial score (nSPS) is 23.9. The maximum atomic E-state index is 12.4. The fourth-order valence-electron chi connectivity index (χ4n) is 3.80. The smallest absolute Gasteiger partial charge is 0.287 e. The van der Waals surface area contributed by atoms with Gasteiger partial charge in [0.1, 0.15) is 0 Å².